The van der Waals surface area contributed by atoms with Crippen LogP contribution >= 0.6 is 0 Å². The van der Waals surface area contributed by atoms with E-state index in [9.17, 15) is 0 Å². The van der Waals surface area contributed by atoms with Crippen molar-refractivity contribution in [1.82, 2.24) is 5.43 Å². The van der Waals surface area contributed by atoms with Crippen LogP contribution in [-0.4, -0.2) is 17.0 Å². The van der Waals surface area contributed by atoms with Gasteiger partial charge in [0.25, 0.3) is 0 Å². The highest BCUT2D eigenvalue weighted by atomic mass is 16.8. The molecule has 5 heteroatoms. The Bertz CT molecular complexity index is 248. The van der Waals surface area contributed by atoms with Crippen LogP contribution in [0.25, 0.3) is 0 Å². The molecule has 1 aromatic rings. The van der Waals surface area contributed by atoms with Crippen molar-refractivity contribution in [3.63, 3.8) is 0 Å². The van der Waals surface area contributed by atoms with E-state index >= 15 is 0 Å². The van der Waals surface area contributed by atoms with Gasteiger partial charge in [-0.05, 0) is 24.3 Å². The molecular weight excluding hydrogens is 170 g/mol. The fourth-order valence-electron chi connectivity index (χ4n) is 0.869. The summed E-state index contributed by atoms with van der Waals surface area (Å²) in [7, 11) is 0. The van der Waals surface area contributed by atoms with Crippen molar-refractivity contribution in [2.45, 2.75) is 6.92 Å². The van der Waals surface area contributed by atoms with Crippen molar-refractivity contribution in [1.29, 1.82) is 0 Å². The van der Waals surface area contributed by atoms with Crippen molar-refractivity contribution in [2.75, 3.05) is 17.2 Å². The molecule has 1 rings (SSSR count). The van der Waals surface area contributed by atoms with Crippen molar-refractivity contribution in [3.8, 4) is 0 Å². The van der Waals surface area contributed by atoms with Crippen LogP contribution in [0.2, 0.25) is 0 Å². The summed E-state index contributed by atoms with van der Waals surface area (Å²) < 4.78 is 0. The molecule has 0 saturated carbocycles. The Hall–Kier alpha value is -1.30. The minimum Gasteiger partial charge on any atom is -0.322 e. The number of benzene rings is 1. The van der Waals surface area contributed by atoms with Crippen LogP contribution in [0, 0.1) is 0 Å². The minimum absolute atomic E-state index is 0.0804. The van der Waals surface area contributed by atoms with Crippen LogP contribution in [0.5, 0.6) is 0 Å². The molecular formula is C8H13N3O2. The third-order valence-electron chi connectivity index (χ3n) is 1.51. The maximum atomic E-state index is 8.64. The van der Waals surface area contributed by atoms with Gasteiger partial charge < -0.3 is 5.43 Å². The molecule has 1 aromatic carbocycles. The number of anilines is 2. The highest BCUT2D eigenvalue weighted by Gasteiger charge is 1.97. The summed E-state index contributed by atoms with van der Waals surface area (Å²) in [5.74, 6) is 0. The molecule has 0 fully saturated rings. The van der Waals surface area contributed by atoms with Crippen LogP contribution < -0.4 is 16.1 Å². The van der Waals surface area contributed by atoms with E-state index in [-0.39, 0.29) is 5.23 Å². The fourth-order valence-corrected chi connectivity index (χ4v) is 0.869. The van der Waals surface area contributed by atoms with Gasteiger partial charge in [-0.3, -0.25) is 10.4 Å². The zero-order chi connectivity index (χ0) is 9.68. The molecule has 0 radical (unpaired) electrons. The highest BCUT2D eigenvalue weighted by Crippen LogP contribution is 2.14. The predicted molar refractivity (Wildman–Crippen MR) is 49.8 cm³/mol. The van der Waals surface area contributed by atoms with E-state index < -0.39 is 0 Å². The number of nitrogens with zero attached hydrogens (tertiary/aromatic N) is 1. The summed E-state index contributed by atoms with van der Waals surface area (Å²) >= 11 is 0. The molecule has 13 heavy (non-hydrogen) atoms. The van der Waals surface area contributed by atoms with E-state index in [4.69, 9.17) is 10.4 Å². The van der Waals surface area contributed by atoms with Crippen LogP contribution in [0.15, 0.2) is 24.3 Å². The van der Waals surface area contributed by atoms with E-state index in [0.29, 0.717) is 5.69 Å². The topological polar surface area (TPSA) is 67.8 Å². The van der Waals surface area contributed by atoms with Gasteiger partial charge in [-0.2, -0.15) is 0 Å². The van der Waals surface area contributed by atoms with Gasteiger partial charge in [-0.25, -0.2) is 5.43 Å². The number of nitrogens with one attached hydrogen (secondary N) is 2. The maximum absolute atomic E-state index is 8.64. The summed E-state index contributed by atoms with van der Waals surface area (Å²) in [5, 5.41) is 17.4. The summed E-state index contributed by atoms with van der Waals surface area (Å²) in [5.41, 5.74) is 7.04. The van der Waals surface area contributed by atoms with Gasteiger partial charge >= 0.3 is 0 Å². The number of rotatable bonds is 4. The molecule has 4 N–H and O–H groups in total. The average Bonchev–Trinajstić information content (AvgIpc) is 2.15. The zero-order valence-electron chi connectivity index (χ0n) is 7.36. The van der Waals surface area contributed by atoms with Gasteiger partial charge in [0.05, 0.1) is 5.69 Å². The highest BCUT2D eigenvalue weighted by molar-refractivity contribution is 5.52. The minimum atomic E-state index is 0.0804. The lowest BCUT2D eigenvalue weighted by molar-refractivity contribution is 0.0292. The van der Waals surface area contributed by atoms with Crippen LogP contribution in [0.3, 0.4) is 0 Å². The molecule has 0 saturated heterocycles. The fraction of sp³-hybridized carbons (Fsp3) is 0.250. The van der Waals surface area contributed by atoms with E-state index in [2.05, 4.69) is 10.9 Å². The number of hydrogen-bond donors (Lipinski definition) is 4. The first-order valence-electron chi connectivity index (χ1n) is 4.01. The largest absolute Gasteiger partial charge is 0.322 e. The Kier molecular flexibility index (Phi) is 3.51. The third kappa shape index (κ3) is 2.90. The normalized spacial score (nSPS) is 9.77. The summed E-state index contributed by atoms with van der Waals surface area (Å²) in [4.78, 5) is 0. The molecule has 5 nitrogen and oxygen atoms in total. The second-order valence-electron chi connectivity index (χ2n) is 2.49. The van der Waals surface area contributed by atoms with Gasteiger partial charge in [0, 0.05) is 12.2 Å². The van der Waals surface area contributed by atoms with Crippen molar-refractivity contribution < 1.29 is 10.4 Å². The second-order valence-corrected chi connectivity index (χ2v) is 2.49. The van der Waals surface area contributed by atoms with Crippen LogP contribution in [0.4, 0.5) is 11.4 Å². The average molecular weight is 183 g/mol. The molecule has 0 aliphatic carbocycles. The van der Waals surface area contributed by atoms with Crippen LogP contribution in [-0.2, 0) is 0 Å². The summed E-state index contributed by atoms with van der Waals surface area (Å²) in [6.07, 6.45) is 0. The molecule has 0 aromatic heterocycles. The lowest BCUT2D eigenvalue weighted by Crippen LogP contribution is -2.20. The molecule has 0 atom stereocenters. The Morgan fingerprint density at radius 3 is 2.31 bits per heavy atom. The molecule has 0 unspecified atom stereocenters. The second kappa shape index (κ2) is 4.66. The van der Waals surface area contributed by atoms with Crippen LogP contribution in [0.1, 0.15) is 6.92 Å². The number of hydrazine groups is 1. The maximum Gasteiger partial charge on any atom is 0.0944 e. The summed E-state index contributed by atoms with van der Waals surface area (Å²) in [6.45, 7) is 2.79. The van der Waals surface area contributed by atoms with Crippen molar-refractivity contribution in [2.24, 2.45) is 0 Å². The number of hydrogen-bond acceptors (Lipinski definition) is 5. The Morgan fingerprint density at radius 1 is 1.23 bits per heavy atom. The van der Waals surface area contributed by atoms with E-state index in [0.717, 1.165) is 12.2 Å². The molecule has 0 bridgehead atoms. The lowest BCUT2D eigenvalue weighted by atomic mass is 10.3. The third-order valence-corrected chi connectivity index (χ3v) is 1.51. The van der Waals surface area contributed by atoms with Gasteiger partial charge in [0.1, 0.15) is 0 Å². The Morgan fingerprint density at radius 2 is 1.85 bits per heavy atom. The molecule has 72 valence electrons. The zero-order valence-corrected chi connectivity index (χ0v) is 7.36. The summed E-state index contributed by atoms with van der Waals surface area (Å²) in [6, 6.07) is 6.63. The van der Waals surface area contributed by atoms with Gasteiger partial charge in [-0.15, -0.1) is 5.23 Å². The Balaban J connectivity index is 2.59. The molecule has 0 aliphatic heterocycles. The Labute approximate surface area is 76.5 Å². The van der Waals surface area contributed by atoms with Gasteiger partial charge in [0.15, 0.2) is 0 Å². The molecule has 0 aliphatic rings. The van der Waals surface area contributed by atoms with Gasteiger partial charge in [-0.1, -0.05) is 6.92 Å². The molecule has 0 heterocycles. The van der Waals surface area contributed by atoms with E-state index in [1.807, 2.05) is 6.92 Å². The van der Waals surface area contributed by atoms with Crippen molar-refractivity contribution in [3.05, 3.63) is 24.3 Å². The quantitative estimate of drug-likeness (QED) is 0.528. The predicted octanol–water partition coefficient (Wildman–Crippen LogP) is 1.21. The molecule has 0 amide bonds. The first kappa shape index (κ1) is 9.79. The monoisotopic (exact) mass is 183 g/mol. The molecule has 0 spiro atoms. The van der Waals surface area contributed by atoms with E-state index in [1.165, 1.54) is 0 Å². The van der Waals surface area contributed by atoms with Gasteiger partial charge in [0.2, 0.25) is 0 Å². The SMILES string of the molecule is CCNNc1ccc(N(O)O)cc1. The van der Waals surface area contributed by atoms with E-state index in [1.54, 1.807) is 24.3 Å². The first-order chi connectivity index (χ1) is 6.24. The van der Waals surface area contributed by atoms with Crippen molar-refractivity contribution >= 4 is 11.4 Å². The first-order valence-corrected chi connectivity index (χ1v) is 4.01. The lowest BCUT2D eigenvalue weighted by Gasteiger charge is -2.09. The standard InChI is InChI=1S/C8H13N3O2/c1-2-9-10-7-3-5-8(6-4-7)11(12)13/h3-6,9-10,12-13H,2H2,1H3. The smallest absolute Gasteiger partial charge is 0.0944 e.